The standard InChI is InChI=1S/C20H23N3O2S/c1-14-18(15-3-5-17(6-4-15)26(2,24)25)7-8-20-19(14)13-22-23(20)16-9-11-21-12-10-16/h3-8,13,16,21H,9-12H2,1-2H3. The van der Waals surface area contributed by atoms with Crippen LogP contribution in [-0.4, -0.2) is 37.5 Å². The van der Waals surface area contributed by atoms with Gasteiger partial charge in [0, 0.05) is 11.6 Å². The van der Waals surface area contributed by atoms with E-state index >= 15 is 0 Å². The quantitative estimate of drug-likeness (QED) is 0.769. The molecule has 0 amide bonds. The molecule has 1 aliphatic rings. The molecule has 1 aromatic heterocycles. The Morgan fingerprint density at radius 3 is 2.42 bits per heavy atom. The van der Waals surface area contributed by atoms with Gasteiger partial charge in [-0.3, -0.25) is 4.68 Å². The molecule has 0 bridgehead atoms. The highest BCUT2D eigenvalue weighted by Crippen LogP contribution is 2.32. The molecule has 4 rings (SSSR count). The summed E-state index contributed by atoms with van der Waals surface area (Å²) < 4.78 is 25.5. The van der Waals surface area contributed by atoms with Crippen LogP contribution in [0.15, 0.2) is 47.5 Å². The van der Waals surface area contributed by atoms with E-state index in [1.54, 1.807) is 12.1 Å². The van der Waals surface area contributed by atoms with E-state index in [0.29, 0.717) is 10.9 Å². The Morgan fingerprint density at radius 1 is 1.08 bits per heavy atom. The number of fused-ring (bicyclic) bond motifs is 1. The summed E-state index contributed by atoms with van der Waals surface area (Å²) in [7, 11) is -3.17. The minimum Gasteiger partial charge on any atom is -0.317 e. The zero-order valence-electron chi connectivity index (χ0n) is 15.1. The number of hydrogen-bond acceptors (Lipinski definition) is 4. The predicted octanol–water partition coefficient (Wildman–Crippen LogP) is 3.34. The third kappa shape index (κ3) is 3.04. The number of nitrogens with zero attached hydrogens (tertiary/aromatic N) is 2. The summed E-state index contributed by atoms with van der Waals surface area (Å²) in [6, 6.07) is 11.8. The molecule has 2 heterocycles. The summed E-state index contributed by atoms with van der Waals surface area (Å²) in [6.07, 6.45) is 5.39. The number of benzene rings is 2. The first-order chi connectivity index (χ1) is 12.4. The van der Waals surface area contributed by atoms with Crippen molar-refractivity contribution < 1.29 is 8.42 Å². The van der Waals surface area contributed by atoms with Crippen molar-refractivity contribution in [3.63, 3.8) is 0 Å². The van der Waals surface area contributed by atoms with Crippen LogP contribution in [0.4, 0.5) is 0 Å². The SMILES string of the molecule is Cc1c(-c2ccc(S(C)(=O)=O)cc2)ccc2c1cnn2C1CCNCC1. The van der Waals surface area contributed by atoms with Crippen LogP contribution in [0.1, 0.15) is 24.4 Å². The predicted molar refractivity (Wildman–Crippen MR) is 104 cm³/mol. The monoisotopic (exact) mass is 369 g/mol. The van der Waals surface area contributed by atoms with Gasteiger partial charge in [-0.15, -0.1) is 0 Å². The molecule has 5 nitrogen and oxygen atoms in total. The number of rotatable bonds is 3. The zero-order chi connectivity index (χ0) is 18.3. The van der Waals surface area contributed by atoms with Crippen molar-refractivity contribution in [3.8, 4) is 11.1 Å². The highest BCUT2D eigenvalue weighted by Gasteiger charge is 2.19. The van der Waals surface area contributed by atoms with Crippen LogP contribution in [0, 0.1) is 6.92 Å². The van der Waals surface area contributed by atoms with Crippen LogP contribution in [0.3, 0.4) is 0 Å². The van der Waals surface area contributed by atoms with Crippen LogP contribution in [-0.2, 0) is 9.84 Å². The number of hydrogen-bond donors (Lipinski definition) is 1. The Kier molecular flexibility index (Phi) is 4.32. The maximum Gasteiger partial charge on any atom is 0.175 e. The Morgan fingerprint density at radius 2 is 1.77 bits per heavy atom. The molecule has 0 saturated carbocycles. The van der Waals surface area contributed by atoms with Gasteiger partial charge in [-0.05, 0) is 67.7 Å². The molecule has 0 spiro atoms. The molecule has 1 N–H and O–H groups in total. The number of sulfone groups is 1. The number of piperidine rings is 1. The second kappa shape index (κ2) is 6.52. The first-order valence-corrected chi connectivity index (χ1v) is 10.8. The average Bonchev–Trinajstić information content (AvgIpc) is 3.07. The first-order valence-electron chi connectivity index (χ1n) is 8.93. The third-order valence-electron chi connectivity index (χ3n) is 5.30. The number of nitrogens with one attached hydrogen (secondary N) is 1. The van der Waals surface area contributed by atoms with Crippen LogP contribution in [0.5, 0.6) is 0 Å². The van der Waals surface area contributed by atoms with Crippen molar-refractivity contribution in [2.45, 2.75) is 30.7 Å². The van der Waals surface area contributed by atoms with E-state index in [1.807, 2.05) is 18.3 Å². The van der Waals surface area contributed by atoms with Crippen molar-refractivity contribution in [2.24, 2.45) is 0 Å². The maximum absolute atomic E-state index is 11.7. The largest absolute Gasteiger partial charge is 0.317 e. The number of aryl methyl sites for hydroxylation is 1. The van der Waals surface area contributed by atoms with Gasteiger partial charge in [0.25, 0.3) is 0 Å². The minimum absolute atomic E-state index is 0.346. The third-order valence-corrected chi connectivity index (χ3v) is 6.43. The number of aromatic nitrogens is 2. The van der Waals surface area contributed by atoms with Crippen molar-refractivity contribution in [1.29, 1.82) is 0 Å². The Hall–Kier alpha value is -2.18. The van der Waals surface area contributed by atoms with Gasteiger partial charge < -0.3 is 5.32 Å². The van der Waals surface area contributed by atoms with E-state index in [2.05, 4.69) is 34.2 Å². The highest BCUT2D eigenvalue weighted by atomic mass is 32.2. The molecule has 0 aliphatic carbocycles. The molecule has 1 aliphatic heterocycles. The van der Waals surface area contributed by atoms with Gasteiger partial charge in [0.2, 0.25) is 0 Å². The van der Waals surface area contributed by atoms with Crippen LogP contribution in [0.2, 0.25) is 0 Å². The fourth-order valence-electron chi connectivity index (χ4n) is 3.80. The molecule has 0 unspecified atom stereocenters. The van der Waals surface area contributed by atoms with Crippen molar-refractivity contribution >= 4 is 20.7 Å². The molecule has 136 valence electrons. The molecule has 1 fully saturated rings. The van der Waals surface area contributed by atoms with Crippen LogP contribution >= 0.6 is 0 Å². The molecule has 2 aromatic carbocycles. The Labute approximate surface area is 154 Å². The second-order valence-corrected chi connectivity index (χ2v) is 9.05. The van der Waals surface area contributed by atoms with Gasteiger partial charge in [-0.1, -0.05) is 18.2 Å². The van der Waals surface area contributed by atoms with E-state index < -0.39 is 9.84 Å². The minimum atomic E-state index is -3.17. The topological polar surface area (TPSA) is 64.0 Å². The van der Waals surface area contributed by atoms with Crippen molar-refractivity contribution in [1.82, 2.24) is 15.1 Å². The lowest BCUT2D eigenvalue weighted by Crippen LogP contribution is -2.29. The van der Waals surface area contributed by atoms with Gasteiger partial charge >= 0.3 is 0 Å². The average molecular weight is 369 g/mol. The lowest BCUT2D eigenvalue weighted by molar-refractivity contribution is 0.351. The second-order valence-electron chi connectivity index (χ2n) is 7.04. The zero-order valence-corrected chi connectivity index (χ0v) is 15.9. The van der Waals surface area contributed by atoms with Gasteiger partial charge in [0.1, 0.15) is 0 Å². The van der Waals surface area contributed by atoms with Gasteiger partial charge in [0.15, 0.2) is 9.84 Å². The van der Waals surface area contributed by atoms with E-state index in [4.69, 9.17) is 0 Å². The van der Waals surface area contributed by atoms with Gasteiger partial charge in [-0.2, -0.15) is 5.10 Å². The van der Waals surface area contributed by atoms with Crippen LogP contribution < -0.4 is 5.32 Å². The maximum atomic E-state index is 11.7. The fraction of sp³-hybridized carbons (Fsp3) is 0.350. The van der Waals surface area contributed by atoms with E-state index in [-0.39, 0.29) is 0 Å². The normalized spacial score (nSPS) is 16.2. The summed E-state index contributed by atoms with van der Waals surface area (Å²) in [5.74, 6) is 0. The summed E-state index contributed by atoms with van der Waals surface area (Å²) in [5, 5.41) is 9.23. The smallest absolute Gasteiger partial charge is 0.175 e. The summed E-state index contributed by atoms with van der Waals surface area (Å²) in [4.78, 5) is 0.346. The molecular weight excluding hydrogens is 346 g/mol. The summed E-state index contributed by atoms with van der Waals surface area (Å²) >= 11 is 0. The lowest BCUT2D eigenvalue weighted by Gasteiger charge is -2.23. The van der Waals surface area contributed by atoms with Gasteiger partial charge in [0.05, 0.1) is 22.7 Å². The van der Waals surface area contributed by atoms with Crippen molar-refractivity contribution in [2.75, 3.05) is 19.3 Å². The van der Waals surface area contributed by atoms with Gasteiger partial charge in [-0.25, -0.2) is 8.42 Å². The van der Waals surface area contributed by atoms with E-state index in [1.165, 1.54) is 17.3 Å². The van der Waals surface area contributed by atoms with Crippen molar-refractivity contribution in [3.05, 3.63) is 48.2 Å². The van der Waals surface area contributed by atoms with Crippen LogP contribution in [0.25, 0.3) is 22.0 Å². The molecule has 26 heavy (non-hydrogen) atoms. The first kappa shape index (κ1) is 17.2. The highest BCUT2D eigenvalue weighted by molar-refractivity contribution is 7.90. The molecule has 3 aromatic rings. The molecule has 1 saturated heterocycles. The molecule has 6 heteroatoms. The molecule has 0 radical (unpaired) electrons. The fourth-order valence-corrected chi connectivity index (χ4v) is 4.43. The molecule has 0 atom stereocenters. The summed E-state index contributed by atoms with van der Waals surface area (Å²) in [5.41, 5.74) is 4.48. The molecular formula is C20H23N3O2S. The van der Waals surface area contributed by atoms with E-state index in [9.17, 15) is 8.42 Å². The van der Waals surface area contributed by atoms with E-state index in [0.717, 1.165) is 42.4 Å². The summed E-state index contributed by atoms with van der Waals surface area (Å²) in [6.45, 7) is 4.18. The Bertz CT molecular complexity index is 1050. The Balaban J connectivity index is 1.74. The lowest BCUT2D eigenvalue weighted by atomic mass is 9.97.